The van der Waals surface area contributed by atoms with Crippen molar-refractivity contribution < 1.29 is 13.6 Å². The van der Waals surface area contributed by atoms with Gasteiger partial charge in [-0.25, -0.2) is 15.4 Å². The maximum atomic E-state index is 13.1. The Bertz CT molecular complexity index is 402. The van der Waals surface area contributed by atoms with E-state index in [1.165, 1.54) is 0 Å². The van der Waals surface area contributed by atoms with Crippen molar-refractivity contribution in [3.8, 4) is 0 Å². The first kappa shape index (κ1) is 10.8. The molecule has 2 nitrogen and oxygen atoms in total. The molecule has 72 valence electrons. The molecule has 0 aliphatic heterocycles. The SMILES string of the molecule is [C-]#[N+]CC(=O)c1c(F)cc(Br)cc1F. The number of benzene rings is 1. The summed E-state index contributed by atoms with van der Waals surface area (Å²) in [7, 11) is 0. The predicted octanol–water partition coefficient (Wildman–Crippen LogP) is 2.83. The van der Waals surface area contributed by atoms with Crippen molar-refractivity contribution in [1.29, 1.82) is 0 Å². The number of halogens is 3. The van der Waals surface area contributed by atoms with Crippen molar-refractivity contribution in [1.82, 2.24) is 0 Å². The van der Waals surface area contributed by atoms with Crippen LogP contribution in [0, 0.1) is 18.2 Å². The molecule has 1 aromatic carbocycles. The van der Waals surface area contributed by atoms with E-state index in [0.717, 1.165) is 12.1 Å². The summed E-state index contributed by atoms with van der Waals surface area (Å²) in [6.07, 6.45) is 0. The number of Topliss-reactive ketones (excluding diaryl/α,β-unsaturated/α-hetero) is 1. The zero-order valence-electron chi connectivity index (χ0n) is 6.85. The van der Waals surface area contributed by atoms with Crippen LogP contribution in [0.15, 0.2) is 16.6 Å². The topological polar surface area (TPSA) is 21.4 Å². The number of rotatable bonds is 2. The smallest absolute Gasteiger partial charge is 0.276 e. The van der Waals surface area contributed by atoms with Gasteiger partial charge in [-0.15, -0.1) is 0 Å². The van der Waals surface area contributed by atoms with E-state index in [9.17, 15) is 13.6 Å². The molecule has 5 heteroatoms. The second-order valence-corrected chi connectivity index (χ2v) is 3.40. The minimum atomic E-state index is -0.953. The fourth-order valence-electron chi connectivity index (χ4n) is 0.959. The van der Waals surface area contributed by atoms with Crippen LogP contribution >= 0.6 is 15.9 Å². The summed E-state index contributed by atoms with van der Waals surface area (Å²) in [6.45, 7) is 5.87. The van der Waals surface area contributed by atoms with Crippen molar-refractivity contribution >= 4 is 21.7 Å². The molecule has 0 amide bonds. The van der Waals surface area contributed by atoms with Gasteiger partial charge in [0.15, 0.2) is 0 Å². The highest BCUT2D eigenvalue weighted by atomic mass is 79.9. The molecular weight excluding hydrogens is 256 g/mol. The van der Waals surface area contributed by atoms with Gasteiger partial charge in [0, 0.05) is 4.47 Å². The maximum absolute atomic E-state index is 13.1. The lowest BCUT2D eigenvalue weighted by Crippen LogP contribution is -2.08. The van der Waals surface area contributed by atoms with Crippen LogP contribution in [0.1, 0.15) is 10.4 Å². The summed E-state index contributed by atoms with van der Waals surface area (Å²) >= 11 is 2.88. The third-order valence-corrected chi connectivity index (χ3v) is 1.97. The molecule has 0 spiro atoms. The second-order valence-electron chi connectivity index (χ2n) is 2.48. The minimum absolute atomic E-state index is 0.215. The third-order valence-electron chi connectivity index (χ3n) is 1.51. The van der Waals surface area contributed by atoms with Crippen molar-refractivity contribution in [3.05, 3.63) is 45.2 Å². The fraction of sp³-hybridized carbons (Fsp3) is 0.111. The highest BCUT2D eigenvalue weighted by Gasteiger charge is 2.19. The zero-order valence-corrected chi connectivity index (χ0v) is 8.44. The van der Waals surface area contributed by atoms with E-state index in [1.807, 2.05) is 0 Å². The molecule has 0 atom stereocenters. The molecule has 1 rings (SSSR count). The van der Waals surface area contributed by atoms with Gasteiger partial charge in [0.1, 0.15) is 11.6 Å². The zero-order chi connectivity index (χ0) is 10.7. The van der Waals surface area contributed by atoms with Crippen molar-refractivity contribution in [2.45, 2.75) is 0 Å². The monoisotopic (exact) mass is 259 g/mol. The van der Waals surface area contributed by atoms with Gasteiger partial charge in [0.05, 0.1) is 5.56 Å². The van der Waals surface area contributed by atoms with Crippen molar-refractivity contribution in [2.24, 2.45) is 0 Å². The van der Waals surface area contributed by atoms with Crippen molar-refractivity contribution in [2.75, 3.05) is 6.54 Å². The molecule has 0 heterocycles. The Balaban J connectivity index is 3.22. The highest BCUT2D eigenvalue weighted by Crippen LogP contribution is 2.19. The molecule has 0 N–H and O–H groups in total. The molecule has 0 radical (unpaired) electrons. The Hall–Kier alpha value is -1.28. The molecule has 0 saturated heterocycles. The van der Waals surface area contributed by atoms with E-state index < -0.39 is 29.5 Å². The predicted molar refractivity (Wildman–Crippen MR) is 49.9 cm³/mol. The summed E-state index contributed by atoms with van der Waals surface area (Å²) in [5.74, 6) is -2.75. The first-order valence-corrected chi connectivity index (χ1v) is 4.36. The van der Waals surface area contributed by atoms with Crippen LogP contribution in [0.4, 0.5) is 8.78 Å². The lowest BCUT2D eigenvalue weighted by atomic mass is 10.1. The summed E-state index contributed by atoms with van der Waals surface area (Å²) < 4.78 is 26.4. The highest BCUT2D eigenvalue weighted by molar-refractivity contribution is 9.10. The molecule has 0 aromatic heterocycles. The van der Waals surface area contributed by atoms with E-state index in [2.05, 4.69) is 20.8 Å². The van der Waals surface area contributed by atoms with Gasteiger partial charge in [-0.1, -0.05) is 15.9 Å². The third kappa shape index (κ3) is 2.15. The maximum Gasteiger partial charge on any atom is 0.276 e. The molecule has 0 unspecified atom stereocenters. The van der Waals surface area contributed by atoms with Crippen LogP contribution in [0.3, 0.4) is 0 Å². The molecule has 0 bridgehead atoms. The number of carbonyl (C=O) groups is 1. The summed E-state index contributed by atoms with van der Waals surface area (Å²) in [6, 6.07) is 1.97. The van der Waals surface area contributed by atoms with Crippen LogP contribution in [0.2, 0.25) is 0 Å². The Morgan fingerprint density at radius 2 is 1.93 bits per heavy atom. The van der Waals surface area contributed by atoms with Gasteiger partial charge in [-0.3, -0.25) is 4.79 Å². The Labute approximate surface area is 87.5 Å². The number of hydrogen-bond acceptors (Lipinski definition) is 1. The summed E-state index contributed by atoms with van der Waals surface area (Å²) in [5.41, 5.74) is -0.649. The molecule has 1 aromatic rings. The standard InChI is InChI=1S/C9H4BrF2NO/c1-13-4-8(14)9-6(11)2-5(10)3-7(9)12/h2-3H,4H2. The van der Waals surface area contributed by atoms with Crippen LogP contribution in [0.5, 0.6) is 0 Å². The number of carbonyl (C=O) groups excluding carboxylic acids is 1. The molecule has 0 aliphatic rings. The van der Waals surface area contributed by atoms with E-state index in [-0.39, 0.29) is 4.47 Å². The van der Waals surface area contributed by atoms with Gasteiger partial charge < -0.3 is 4.85 Å². The van der Waals surface area contributed by atoms with Crippen LogP contribution in [0.25, 0.3) is 4.85 Å². The Morgan fingerprint density at radius 3 is 2.36 bits per heavy atom. The van der Waals surface area contributed by atoms with E-state index >= 15 is 0 Å². The average molecular weight is 260 g/mol. The number of ketones is 1. The summed E-state index contributed by atoms with van der Waals surface area (Å²) in [4.78, 5) is 13.9. The average Bonchev–Trinajstić information content (AvgIpc) is 2.01. The first-order chi connectivity index (χ1) is 6.56. The Morgan fingerprint density at radius 1 is 1.43 bits per heavy atom. The molecule has 0 aliphatic carbocycles. The molecular formula is C9H4BrF2NO. The second kappa shape index (κ2) is 4.29. The quantitative estimate of drug-likeness (QED) is 0.591. The molecule has 0 saturated carbocycles. The van der Waals surface area contributed by atoms with E-state index in [0.29, 0.717) is 0 Å². The Kier molecular flexibility index (Phi) is 3.31. The van der Waals surface area contributed by atoms with Crippen molar-refractivity contribution in [3.63, 3.8) is 0 Å². The van der Waals surface area contributed by atoms with Crippen LogP contribution < -0.4 is 0 Å². The largest absolute Gasteiger partial charge is 0.308 e. The molecule has 14 heavy (non-hydrogen) atoms. The normalized spacial score (nSPS) is 9.57. The van der Waals surface area contributed by atoms with Gasteiger partial charge >= 0.3 is 0 Å². The summed E-state index contributed by atoms with van der Waals surface area (Å²) in [5, 5.41) is 0. The van der Waals surface area contributed by atoms with E-state index in [1.54, 1.807) is 0 Å². The van der Waals surface area contributed by atoms with Gasteiger partial charge in [-0.2, -0.15) is 0 Å². The molecule has 0 fully saturated rings. The van der Waals surface area contributed by atoms with Crippen LogP contribution in [-0.2, 0) is 0 Å². The first-order valence-electron chi connectivity index (χ1n) is 3.57. The van der Waals surface area contributed by atoms with Gasteiger partial charge in [0.2, 0.25) is 5.78 Å². The lowest BCUT2D eigenvalue weighted by Gasteiger charge is -2.00. The van der Waals surface area contributed by atoms with E-state index in [4.69, 9.17) is 6.57 Å². The minimum Gasteiger partial charge on any atom is -0.308 e. The number of nitrogens with zero attached hydrogens (tertiary/aromatic N) is 1. The van der Waals surface area contributed by atoms with Gasteiger partial charge in [-0.05, 0) is 12.1 Å². The number of hydrogen-bond donors (Lipinski definition) is 0. The van der Waals surface area contributed by atoms with Gasteiger partial charge in [0.25, 0.3) is 6.54 Å². The fourth-order valence-corrected chi connectivity index (χ4v) is 1.36. The van der Waals surface area contributed by atoms with Crippen LogP contribution in [-0.4, -0.2) is 12.3 Å². The lowest BCUT2D eigenvalue weighted by molar-refractivity contribution is 0.100.